The van der Waals surface area contributed by atoms with Crippen molar-refractivity contribution in [3.63, 3.8) is 0 Å². The van der Waals surface area contributed by atoms with Gasteiger partial charge in [0.2, 0.25) is 10.0 Å². The Kier molecular flexibility index (Phi) is 4.13. The monoisotopic (exact) mass is 354 g/mol. The molecule has 5 heteroatoms. The zero-order chi connectivity index (χ0) is 17.4. The van der Waals surface area contributed by atoms with Crippen LogP contribution in [0.25, 0.3) is 10.9 Å². The average molecular weight is 354 g/mol. The van der Waals surface area contributed by atoms with Gasteiger partial charge in [-0.2, -0.15) is 4.31 Å². The SMILES string of the molecule is Cc1ccc(S(=O)(=O)N2CCC(c3c[nH]c4ccccc34)CC2)cc1. The van der Waals surface area contributed by atoms with Crippen LogP contribution < -0.4 is 0 Å². The highest BCUT2D eigenvalue weighted by Gasteiger charge is 2.30. The van der Waals surface area contributed by atoms with E-state index < -0.39 is 10.0 Å². The maximum atomic E-state index is 12.8. The standard InChI is InChI=1S/C20H22N2O2S/c1-15-6-8-17(9-7-15)25(23,24)22-12-10-16(11-13-22)19-14-21-20-5-3-2-4-18(19)20/h2-9,14,16,21H,10-13H2,1H3. The van der Waals surface area contributed by atoms with Crippen LogP contribution in [-0.2, 0) is 10.0 Å². The van der Waals surface area contributed by atoms with E-state index in [0.717, 1.165) is 23.9 Å². The number of piperidine rings is 1. The number of rotatable bonds is 3. The summed E-state index contributed by atoms with van der Waals surface area (Å²) in [6.45, 7) is 3.10. The summed E-state index contributed by atoms with van der Waals surface area (Å²) in [5.74, 6) is 0.403. The van der Waals surface area contributed by atoms with Gasteiger partial charge in [0.1, 0.15) is 0 Å². The molecule has 3 aromatic rings. The lowest BCUT2D eigenvalue weighted by Gasteiger charge is -2.31. The van der Waals surface area contributed by atoms with E-state index in [4.69, 9.17) is 0 Å². The number of hydrogen-bond donors (Lipinski definition) is 1. The zero-order valence-corrected chi connectivity index (χ0v) is 15.1. The van der Waals surface area contributed by atoms with Gasteiger partial charge in [0.05, 0.1) is 4.90 Å². The normalized spacial score (nSPS) is 17.2. The van der Waals surface area contributed by atoms with Crippen molar-refractivity contribution < 1.29 is 8.42 Å². The number of H-pyrrole nitrogens is 1. The van der Waals surface area contributed by atoms with E-state index in [0.29, 0.717) is 23.9 Å². The smallest absolute Gasteiger partial charge is 0.243 e. The second-order valence-corrected chi connectivity index (χ2v) is 8.72. The van der Waals surface area contributed by atoms with Gasteiger partial charge in [-0.25, -0.2) is 8.42 Å². The van der Waals surface area contributed by atoms with Gasteiger partial charge in [-0.1, -0.05) is 35.9 Å². The Morgan fingerprint density at radius 2 is 1.68 bits per heavy atom. The molecule has 0 atom stereocenters. The Morgan fingerprint density at radius 1 is 1.00 bits per heavy atom. The van der Waals surface area contributed by atoms with E-state index in [-0.39, 0.29) is 0 Å². The summed E-state index contributed by atoms with van der Waals surface area (Å²) in [5.41, 5.74) is 3.52. The number of sulfonamides is 1. The highest BCUT2D eigenvalue weighted by atomic mass is 32.2. The Labute approximate surface area is 148 Å². The first-order chi connectivity index (χ1) is 12.1. The van der Waals surface area contributed by atoms with Crippen LogP contribution in [0.4, 0.5) is 0 Å². The lowest BCUT2D eigenvalue weighted by molar-refractivity contribution is 0.320. The summed E-state index contributed by atoms with van der Waals surface area (Å²) in [4.78, 5) is 3.72. The number of benzene rings is 2. The van der Waals surface area contributed by atoms with Crippen molar-refractivity contribution in [3.05, 3.63) is 65.9 Å². The fraction of sp³-hybridized carbons (Fsp3) is 0.300. The molecular weight excluding hydrogens is 332 g/mol. The van der Waals surface area contributed by atoms with Crippen molar-refractivity contribution in [1.29, 1.82) is 0 Å². The largest absolute Gasteiger partial charge is 0.361 e. The van der Waals surface area contributed by atoms with Crippen molar-refractivity contribution >= 4 is 20.9 Å². The second kappa shape index (κ2) is 6.32. The molecule has 0 saturated carbocycles. The van der Waals surface area contributed by atoms with Crippen molar-refractivity contribution in [2.75, 3.05) is 13.1 Å². The first-order valence-electron chi connectivity index (χ1n) is 8.68. The second-order valence-electron chi connectivity index (χ2n) is 6.78. The minimum Gasteiger partial charge on any atom is -0.361 e. The molecule has 0 unspecified atom stereocenters. The molecule has 1 aromatic heterocycles. The van der Waals surface area contributed by atoms with E-state index >= 15 is 0 Å². The minimum atomic E-state index is -3.39. The average Bonchev–Trinajstić information content (AvgIpc) is 3.06. The maximum Gasteiger partial charge on any atom is 0.243 e. The van der Waals surface area contributed by atoms with E-state index in [1.54, 1.807) is 16.4 Å². The van der Waals surface area contributed by atoms with Crippen molar-refractivity contribution in [2.45, 2.75) is 30.6 Å². The Hall–Kier alpha value is -2.11. The summed E-state index contributed by atoms with van der Waals surface area (Å²) in [7, 11) is -3.39. The topological polar surface area (TPSA) is 53.2 Å². The van der Waals surface area contributed by atoms with Crippen LogP contribution in [0.5, 0.6) is 0 Å². The lowest BCUT2D eigenvalue weighted by atomic mass is 9.90. The number of hydrogen-bond acceptors (Lipinski definition) is 2. The van der Waals surface area contributed by atoms with Crippen LogP contribution in [-0.4, -0.2) is 30.8 Å². The molecule has 0 bridgehead atoms. The van der Waals surface area contributed by atoms with Crippen molar-refractivity contribution in [3.8, 4) is 0 Å². The molecule has 0 spiro atoms. The first kappa shape index (κ1) is 16.4. The number of aromatic nitrogens is 1. The number of para-hydroxylation sites is 1. The molecule has 2 heterocycles. The number of aryl methyl sites for hydroxylation is 1. The summed E-state index contributed by atoms with van der Waals surface area (Å²) < 4.78 is 27.3. The molecule has 1 saturated heterocycles. The van der Waals surface area contributed by atoms with Crippen LogP contribution in [0.1, 0.15) is 29.9 Å². The van der Waals surface area contributed by atoms with E-state index in [9.17, 15) is 8.42 Å². The molecule has 2 aromatic carbocycles. The van der Waals surface area contributed by atoms with E-state index in [2.05, 4.69) is 29.4 Å². The molecule has 4 nitrogen and oxygen atoms in total. The van der Waals surface area contributed by atoms with Crippen LogP contribution in [0.15, 0.2) is 59.6 Å². The molecule has 130 valence electrons. The van der Waals surface area contributed by atoms with E-state index in [1.807, 2.05) is 25.1 Å². The Bertz CT molecular complexity index is 982. The highest BCUT2D eigenvalue weighted by Crippen LogP contribution is 2.34. The molecule has 1 fully saturated rings. The van der Waals surface area contributed by atoms with Crippen molar-refractivity contribution in [1.82, 2.24) is 9.29 Å². The van der Waals surface area contributed by atoms with Gasteiger partial charge in [-0.05, 0) is 49.4 Å². The molecular formula is C20H22N2O2S. The van der Waals surface area contributed by atoms with Gasteiger partial charge in [-0.15, -0.1) is 0 Å². The molecule has 25 heavy (non-hydrogen) atoms. The minimum absolute atomic E-state index is 0.392. The summed E-state index contributed by atoms with van der Waals surface area (Å²) in [6.07, 6.45) is 3.79. The first-order valence-corrected chi connectivity index (χ1v) is 10.1. The molecule has 0 aliphatic carbocycles. The Morgan fingerprint density at radius 3 is 2.40 bits per heavy atom. The van der Waals surface area contributed by atoms with Gasteiger partial charge in [0.15, 0.2) is 0 Å². The van der Waals surface area contributed by atoms with Crippen molar-refractivity contribution in [2.24, 2.45) is 0 Å². The molecule has 1 N–H and O–H groups in total. The Balaban J connectivity index is 1.52. The number of nitrogens with one attached hydrogen (secondary N) is 1. The van der Waals surface area contributed by atoms with Crippen LogP contribution in [0, 0.1) is 6.92 Å². The number of aromatic amines is 1. The molecule has 1 aliphatic heterocycles. The number of nitrogens with zero attached hydrogens (tertiary/aromatic N) is 1. The lowest BCUT2D eigenvalue weighted by Crippen LogP contribution is -2.37. The molecule has 0 radical (unpaired) electrons. The quantitative estimate of drug-likeness (QED) is 0.771. The summed E-state index contributed by atoms with van der Waals surface area (Å²) in [5, 5.41) is 1.25. The molecule has 0 amide bonds. The predicted octanol–water partition coefficient (Wildman–Crippen LogP) is 4.04. The van der Waals surface area contributed by atoms with E-state index in [1.165, 1.54) is 10.9 Å². The summed E-state index contributed by atoms with van der Waals surface area (Å²) in [6, 6.07) is 15.4. The van der Waals surface area contributed by atoms with Crippen LogP contribution >= 0.6 is 0 Å². The fourth-order valence-electron chi connectivity index (χ4n) is 3.70. The van der Waals surface area contributed by atoms with Gasteiger partial charge < -0.3 is 4.98 Å². The molecule has 1 aliphatic rings. The number of fused-ring (bicyclic) bond motifs is 1. The fourth-order valence-corrected chi connectivity index (χ4v) is 5.17. The van der Waals surface area contributed by atoms with Gasteiger partial charge in [-0.3, -0.25) is 0 Å². The maximum absolute atomic E-state index is 12.8. The van der Waals surface area contributed by atoms with Crippen LogP contribution in [0.2, 0.25) is 0 Å². The van der Waals surface area contributed by atoms with Gasteiger partial charge in [0.25, 0.3) is 0 Å². The van der Waals surface area contributed by atoms with Crippen LogP contribution in [0.3, 0.4) is 0 Å². The third-order valence-electron chi connectivity index (χ3n) is 5.17. The highest BCUT2D eigenvalue weighted by molar-refractivity contribution is 7.89. The third kappa shape index (κ3) is 2.98. The van der Waals surface area contributed by atoms with Gasteiger partial charge >= 0.3 is 0 Å². The molecule has 4 rings (SSSR count). The zero-order valence-electron chi connectivity index (χ0n) is 14.3. The summed E-state index contributed by atoms with van der Waals surface area (Å²) >= 11 is 0. The predicted molar refractivity (Wildman–Crippen MR) is 100 cm³/mol. The third-order valence-corrected chi connectivity index (χ3v) is 7.09. The van der Waals surface area contributed by atoms with Gasteiger partial charge in [0, 0.05) is 30.2 Å².